The van der Waals surface area contributed by atoms with Crippen LogP contribution in [0.4, 0.5) is 0 Å². The summed E-state index contributed by atoms with van der Waals surface area (Å²) in [5.74, 6) is 0.805. The summed E-state index contributed by atoms with van der Waals surface area (Å²) >= 11 is 9.18. The summed E-state index contributed by atoms with van der Waals surface area (Å²) in [6.07, 6.45) is 1.48. The highest BCUT2D eigenvalue weighted by molar-refractivity contribution is 8.00. The third-order valence-corrected chi connectivity index (χ3v) is 6.18. The van der Waals surface area contributed by atoms with E-state index in [2.05, 4.69) is 22.1 Å². The van der Waals surface area contributed by atoms with Gasteiger partial charge < -0.3 is 0 Å². The van der Waals surface area contributed by atoms with E-state index in [0.717, 1.165) is 10.1 Å². The van der Waals surface area contributed by atoms with Gasteiger partial charge in [0.2, 0.25) is 0 Å². The van der Waals surface area contributed by atoms with Crippen molar-refractivity contribution < 1.29 is 0 Å². The van der Waals surface area contributed by atoms with E-state index in [0.29, 0.717) is 21.1 Å². The van der Waals surface area contributed by atoms with Crippen molar-refractivity contribution in [1.82, 2.24) is 14.5 Å². The molecule has 0 aliphatic carbocycles. The molecule has 2 aromatic heterocycles. The van der Waals surface area contributed by atoms with Crippen LogP contribution in [-0.2, 0) is 5.75 Å². The van der Waals surface area contributed by atoms with Crippen molar-refractivity contribution in [2.45, 2.75) is 10.1 Å². The van der Waals surface area contributed by atoms with Gasteiger partial charge in [-0.1, -0.05) is 65.8 Å². The molecule has 0 fully saturated rings. The van der Waals surface area contributed by atoms with Gasteiger partial charge >= 0.3 is 0 Å². The highest BCUT2D eigenvalue weighted by atomic mass is 35.5. The predicted octanol–water partition coefficient (Wildman–Crippen LogP) is 4.79. The molecule has 7 heteroatoms. The normalized spacial score (nSPS) is 11.1. The first kappa shape index (κ1) is 16.3. The molecule has 2 heterocycles. The molecule has 25 heavy (non-hydrogen) atoms. The number of rotatable bonds is 4. The summed E-state index contributed by atoms with van der Waals surface area (Å²) in [5, 5.41) is 0.508. The van der Waals surface area contributed by atoms with E-state index < -0.39 is 0 Å². The Labute approximate surface area is 157 Å². The lowest BCUT2D eigenvalue weighted by Gasteiger charge is -2.06. The molecule has 0 atom stereocenters. The van der Waals surface area contributed by atoms with Gasteiger partial charge in [0.1, 0.15) is 11.0 Å². The minimum Gasteiger partial charge on any atom is -0.267 e. The summed E-state index contributed by atoms with van der Waals surface area (Å²) < 4.78 is 2.84. The summed E-state index contributed by atoms with van der Waals surface area (Å²) in [7, 11) is 0. The van der Waals surface area contributed by atoms with Gasteiger partial charge in [0.15, 0.2) is 9.99 Å². The second kappa shape index (κ2) is 7.00. The van der Waals surface area contributed by atoms with Crippen LogP contribution in [0.2, 0.25) is 5.02 Å². The van der Waals surface area contributed by atoms with Crippen LogP contribution in [0.15, 0.2) is 70.1 Å². The molecular weight excluding hydrogens is 374 g/mol. The van der Waals surface area contributed by atoms with Crippen LogP contribution in [0.3, 0.4) is 0 Å². The van der Waals surface area contributed by atoms with Crippen LogP contribution in [0.5, 0.6) is 0 Å². The lowest BCUT2D eigenvalue weighted by molar-refractivity contribution is 0.960. The first-order chi connectivity index (χ1) is 12.2. The van der Waals surface area contributed by atoms with Crippen LogP contribution < -0.4 is 5.56 Å². The third kappa shape index (κ3) is 3.33. The molecular formula is C18H12ClN3OS2. The molecule has 4 aromatic rings. The highest BCUT2D eigenvalue weighted by Gasteiger charge is 2.13. The molecule has 0 aliphatic rings. The molecule has 2 aromatic carbocycles. The van der Waals surface area contributed by atoms with Crippen molar-refractivity contribution in [3.8, 4) is 5.69 Å². The van der Waals surface area contributed by atoms with Gasteiger partial charge in [0.25, 0.3) is 5.56 Å². The average Bonchev–Trinajstić information content (AvgIpc) is 3.06. The van der Waals surface area contributed by atoms with Gasteiger partial charge in [-0.25, -0.2) is 9.97 Å². The zero-order valence-corrected chi connectivity index (χ0v) is 15.3. The van der Waals surface area contributed by atoms with Crippen molar-refractivity contribution in [2.24, 2.45) is 0 Å². The minimum atomic E-state index is -0.151. The van der Waals surface area contributed by atoms with E-state index in [1.165, 1.54) is 27.8 Å². The van der Waals surface area contributed by atoms with Gasteiger partial charge in [0, 0.05) is 5.75 Å². The number of para-hydroxylation sites is 1. The maximum atomic E-state index is 12.8. The van der Waals surface area contributed by atoms with Crippen molar-refractivity contribution in [3.63, 3.8) is 0 Å². The zero-order chi connectivity index (χ0) is 17.2. The maximum absolute atomic E-state index is 12.8. The number of thioether (sulfide) groups is 1. The Morgan fingerprint density at radius 3 is 2.64 bits per heavy atom. The number of aromatic nitrogens is 3. The predicted molar refractivity (Wildman–Crippen MR) is 104 cm³/mol. The molecule has 0 N–H and O–H groups in total. The molecule has 0 spiro atoms. The topological polar surface area (TPSA) is 47.8 Å². The molecule has 0 saturated carbocycles. The Balaban J connectivity index is 1.68. The van der Waals surface area contributed by atoms with E-state index in [9.17, 15) is 4.79 Å². The number of thiazole rings is 1. The molecule has 0 aliphatic heterocycles. The van der Waals surface area contributed by atoms with E-state index in [4.69, 9.17) is 11.6 Å². The Morgan fingerprint density at radius 1 is 1.08 bits per heavy atom. The number of fused-ring (bicyclic) bond motifs is 1. The summed E-state index contributed by atoms with van der Waals surface area (Å²) in [6.45, 7) is 0. The highest BCUT2D eigenvalue weighted by Crippen LogP contribution is 2.29. The zero-order valence-electron chi connectivity index (χ0n) is 12.9. The van der Waals surface area contributed by atoms with Gasteiger partial charge in [0.05, 0.1) is 10.7 Å². The fourth-order valence-corrected chi connectivity index (χ4v) is 4.60. The number of benzene rings is 2. The van der Waals surface area contributed by atoms with Gasteiger partial charge in [-0.15, -0.1) is 11.3 Å². The van der Waals surface area contributed by atoms with Crippen LogP contribution in [0, 0.1) is 0 Å². The third-order valence-electron chi connectivity index (χ3n) is 3.62. The summed E-state index contributed by atoms with van der Waals surface area (Å²) in [5.41, 5.74) is 2.17. The monoisotopic (exact) mass is 385 g/mol. The Hall–Kier alpha value is -2.15. The first-order valence-corrected chi connectivity index (χ1v) is 9.70. The fraction of sp³-hybridized carbons (Fsp3) is 0.0556. The average molecular weight is 386 g/mol. The lowest BCUT2D eigenvalue weighted by Crippen LogP contribution is -2.18. The minimum absolute atomic E-state index is 0.151. The van der Waals surface area contributed by atoms with Crippen molar-refractivity contribution >= 4 is 45.0 Å². The van der Waals surface area contributed by atoms with Crippen molar-refractivity contribution in [3.05, 3.63) is 81.9 Å². The number of hydrogen-bond acceptors (Lipinski definition) is 5. The van der Waals surface area contributed by atoms with E-state index in [1.54, 1.807) is 23.9 Å². The molecule has 0 radical (unpaired) electrons. The molecule has 0 saturated heterocycles. The molecule has 0 bridgehead atoms. The van der Waals surface area contributed by atoms with Crippen molar-refractivity contribution in [2.75, 3.05) is 0 Å². The van der Waals surface area contributed by atoms with Gasteiger partial charge in [-0.2, -0.15) is 0 Å². The quantitative estimate of drug-likeness (QED) is 0.474. The molecule has 0 unspecified atom stereocenters. The van der Waals surface area contributed by atoms with Crippen LogP contribution >= 0.6 is 34.7 Å². The fourth-order valence-electron chi connectivity index (χ4n) is 2.39. The van der Waals surface area contributed by atoms with Crippen LogP contribution in [0.1, 0.15) is 5.56 Å². The maximum Gasteiger partial charge on any atom is 0.277 e. The second-order valence-corrected chi connectivity index (χ2v) is 7.91. The first-order valence-electron chi connectivity index (χ1n) is 7.52. The lowest BCUT2D eigenvalue weighted by atomic mass is 10.2. The van der Waals surface area contributed by atoms with Gasteiger partial charge in [-0.3, -0.25) is 9.36 Å². The summed E-state index contributed by atoms with van der Waals surface area (Å²) in [6, 6.07) is 17.4. The van der Waals surface area contributed by atoms with Gasteiger partial charge in [-0.05, 0) is 17.7 Å². The SMILES string of the molecule is O=c1c2sc(SCc3ccccc3)nc2ncn1-c1ccccc1Cl. The van der Waals surface area contributed by atoms with Crippen molar-refractivity contribution in [1.29, 1.82) is 0 Å². The number of hydrogen-bond donors (Lipinski definition) is 0. The number of nitrogens with zero attached hydrogens (tertiary/aromatic N) is 3. The molecule has 4 rings (SSSR count). The second-order valence-electron chi connectivity index (χ2n) is 5.28. The van der Waals surface area contributed by atoms with E-state index in [-0.39, 0.29) is 5.56 Å². The van der Waals surface area contributed by atoms with E-state index >= 15 is 0 Å². The van der Waals surface area contributed by atoms with E-state index in [1.807, 2.05) is 30.3 Å². The van der Waals surface area contributed by atoms with Crippen LogP contribution in [-0.4, -0.2) is 14.5 Å². The molecule has 124 valence electrons. The Kier molecular flexibility index (Phi) is 4.57. The molecule has 4 nitrogen and oxygen atoms in total. The smallest absolute Gasteiger partial charge is 0.267 e. The Morgan fingerprint density at radius 2 is 1.84 bits per heavy atom. The largest absolute Gasteiger partial charge is 0.277 e. The molecule has 0 amide bonds. The number of halogens is 1. The van der Waals surface area contributed by atoms with Crippen LogP contribution in [0.25, 0.3) is 16.0 Å². The Bertz CT molecular complexity index is 1090. The summed E-state index contributed by atoms with van der Waals surface area (Å²) in [4.78, 5) is 21.6. The standard InChI is InChI=1S/C18H12ClN3OS2/c19-13-8-4-5-9-14(13)22-11-20-16-15(17(22)23)25-18(21-16)24-10-12-6-2-1-3-7-12/h1-9,11H,10H2.